The van der Waals surface area contributed by atoms with Crippen molar-refractivity contribution in [2.75, 3.05) is 16.3 Å². The van der Waals surface area contributed by atoms with E-state index in [1.54, 1.807) is 53.4 Å². The first kappa shape index (κ1) is 30.4. The minimum absolute atomic E-state index is 0. The number of ketones is 1. The van der Waals surface area contributed by atoms with Crippen LogP contribution in [0.3, 0.4) is 0 Å². The molecule has 0 bridgehead atoms. The SMILES string of the molecule is CC(=O)c1ccc(C(=O)N2C[C@@H](C(C)(N)C(N)=O)C(=O)N(Cc3c(C)ccc4ccccc34)c3ccccc32)cc1.Cl. The van der Waals surface area contributed by atoms with Gasteiger partial charge >= 0.3 is 0 Å². The Morgan fingerprint density at radius 1 is 0.881 bits per heavy atom. The van der Waals surface area contributed by atoms with E-state index in [2.05, 4.69) is 0 Å². The van der Waals surface area contributed by atoms with E-state index < -0.39 is 29.2 Å². The van der Waals surface area contributed by atoms with Crippen LogP contribution in [0, 0.1) is 12.8 Å². The van der Waals surface area contributed by atoms with Crippen LogP contribution in [-0.4, -0.2) is 35.6 Å². The number of Topliss-reactive ketones (excluding diaryl/α,β-unsaturated/α-hetero) is 1. The quantitative estimate of drug-likeness (QED) is 0.315. The molecule has 0 radical (unpaired) electrons. The number of hydrogen-bond donors (Lipinski definition) is 2. The third-order valence-corrected chi connectivity index (χ3v) is 8.02. The molecular formula is C33H33ClN4O4. The summed E-state index contributed by atoms with van der Waals surface area (Å²) >= 11 is 0. The first-order chi connectivity index (χ1) is 19.5. The van der Waals surface area contributed by atoms with Gasteiger partial charge in [0.15, 0.2) is 5.78 Å². The van der Waals surface area contributed by atoms with Crippen LogP contribution < -0.4 is 21.3 Å². The molecule has 1 heterocycles. The largest absolute Gasteiger partial charge is 0.368 e. The van der Waals surface area contributed by atoms with Crippen molar-refractivity contribution in [1.29, 1.82) is 0 Å². The summed E-state index contributed by atoms with van der Waals surface area (Å²) in [4.78, 5) is 55.8. The van der Waals surface area contributed by atoms with E-state index in [0.29, 0.717) is 22.5 Å². The Bertz CT molecular complexity index is 1700. The number of carbonyl (C=O) groups excluding carboxylic acids is 4. The minimum Gasteiger partial charge on any atom is -0.368 e. The van der Waals surface area contributed by atoms with Gasteiger partial charge in [0.2, 0.25) is 11.8 Å². The van der Waals surface area contributed by atoms with Crippen LogP contribution >= 0.6 is 12.4 Å². The maximum Gasteiger partial charge on any atom is 0.258 e. The van der Waals surface area contributed by atoms with Crippen molar-refractivity contribution < 1.29 is 19.2 Å². The lowest BCUT2D eigenvalue weighted by Crippen LogP contribution is -2.62. The Balaban J connectivity index is 0.00000405. The number of fused-ring (bicyclic) bond motifs is 2. The lowest BCUT2D eigenvalue weighted by atomic mass is 9.84. The molecule has 1 unspecified atom stereocenters. The molecule has 4 aromatic carbocycles. The van der Waals surface area contributed by atoms with E-state index >= 15 is 0 Å². The summed E-state index contributed by atoms with van der Waals surface area (Å²) in [5.41, 5.74) is 14.2. The van der Waals surface area contributed by atoms with Gasteiger partial charge in [0.25, 0.3) is 5.91 Å². The molecule has 1 aliphatic heterocycles. The fourth-order valence-electron chi connectivity index (χ4n) is 5.38. The Hall–Kier alpha value is -4.53. The molecule has 4 aromatic rings. The zero-order chi connectivity index (χ0) is 29.5. The molecule has 0 aliphatic carbocycles. The molecule has 2 atom stereocenters. The van der Waals surface area contributed by atoms with Gasteiger partial charge in [-0.25, -0.2) is 0 Å². The third kappa shape index (κ3) is 5.38. The number of hydrogen-bond acceptors (Lipinski definition) is 5. The van der Waals surface area contributed by atoms with Crippen molar-refractivity contribution in [2.24, 2.45) is 17.4 Å². The molecule has 5 rings (SSSR count). The van der Waals surface area contributed by atoms with E-state index in [1.807, 2.05) is 43.3 Å². The normalized spacial score (nSPS) is 16.2. The molecule has 0 saturated heterocycles. The molecular weight excluding hydrogens is 552 g/mol. The summed E-state index contributed by atoms with van der Waals surface area (Å²) in [6.07, 6.45) is 0. The highest BCUT2D eigenvalue weighted by Crippen LogP contribution is 2.39. The number of primary amides is 1. The Morgan fingerprint density at radius 2 is 1.48 bits per heavy atom. The number of rotatable bonds is 6. The second kappa shape index (κ2) is 11.8. The molecule has 0 aromatic heterocycles. The molecule has 1 aliphatic rings. The Labute approximate surface area is 250 Å². The Morgan fingerprint density at radius 3 is 2.12 bits per heavy atom. The van der Waals surface area contributed by atoms with Gasteiger partial charge in [-0.15, -0.1) is 12.4 Å². The zero-order valence-corrected chi connectivity index (χ0v) is 24.5. The maximum absolute atomic E-state index is 14.4. The van der Waals surface area contributed by atoms with Crippen LogP contribution in [0.15, 0.2) is 84.9 Å². The number of para-hydroxylation sites is 2. The van der Waals surface area contributed by atoms with E-state index in [9.17, 15) is 19.2 Å². The van der Waals surface area contributed by atoms with E-state index in [4.69, 9.17) is 11.5 Å². The number of nitrogens with zero attached hydrogens (tertiary/aromatic N) is 2. The number of carbonyl (C=O) groups is 4. The smallest absolute Gasteiger partial charge is 0.258 e. The van der Waals surface area contributed by atoms with Crippen LogP contribution in [0.5, 0.6) is 0 Å². The van der Waals surface area contributed by atoms with Gasteiger partial charge in [-0.3, -0.25) is 19.2 Å². The molecule has 4 N–H and O–H groups in total. The van der Waals surface area contributed by atoms with Crippen molar-refractivity contribution in [3.8, 4) is 0 Å². The molecule has 0 spiro atoms. The molecule has 9 heteroatoms. The number of nitrogens with two attached hydrogens (primary N) is 2. The highest BCUT2D eigenvalue weighted by atomic mass is 35.5. The van der Waals surface area contributed by atoms with Gasteiger partial charge in [0.05, 0.1) is 23.8 Å². The number of amides is 3. The van der Waals surface area contributed by atoms with E-state index in [1.165, 1.54) is 18.7 Å². The lowest BCUT2D eigenvalue weighted by molar-refractivity contribution is -0.132. The van der Waals surface area contributed by atoms with Gasteiger partial charge in [0.1, 0.15) is 5.54 Å². The average molecular weight is 585 g/mol. The fourth-order valence-corrected chi connectivity index (χ4v) is 5.38. The lowest BCUT2D eigenvalue weighted by Gasteiger charge is -2.34. The monoisotopic (exact) mass is 584 g/mol. The first-order valence-corrected chi connectivity index (χ1v) is 13.4. The van der Waals surface area contributed by atoms with Gasteiger partial charge in [-0.05, 0) is 66.9 Å². The summed E-state index contributed by atoms with van der Waals surface area (Å²) in [5.74, 6) is -2.90. The standard InChI is InChI=1S/C33H32N4O4.ClH/c1-20-12-13-23-8-4-5-9-25(23)26(20)18-36-28-10-6-7-11-29(28)37(19-27(31(36)40)33(3,35)32(34)41)30(39)24-16-14-22(15-17-24)21(2)38;/h4-17,27H,18-19,35H2,1-3H3,(H2,34,41);1H/t27-,33?;/m1./s1. The fraction of sp³-hybridized carbons (Fsp3) is 0.212. The van der Waals surface area contributed by atoms with Crippen molar-refractivity contribution in [1.82, 2.24) is 0 Å². The number of halogens is 1. The van der Waals surface area contributed by atoms with E-state index in [-0.39, 0.29) is 31.3 Å². The summed E-state index contributed by atoms with van der Waals surface area (Å²) in [7, 11) is 0. The number of aryl methyl sites for hydroxylation is 1. The summed E-state index contributed by atoms with van der Waals surface area (Å²) < 4.78 is 0. The number of anilines is 2. The zero-order valence-electron chi connectivity index (χ0n) is 23.7. The second-order valence-corrected chi connectivity index (χ2v) is 10.7. The molecule has 0 saturated carbocycles. The molecule has 8 nitrogen and oxygen atoms in total. The summed E-state index contributed by atoms with van der Waals surface area (Å²) in [6, 6.07) is 25.5. The van der Waals surface area contributed by atoms with Crippen LogP contribution in [0.25, 0.3) is 10.8 Å². The van der Waals surface area contributed by atoms with Crippen molar-refractivity contribution in [3.63, 3.8) is 0 Å². The topological polar surface area (TPSA) is 127 Å². The van der Waals surface area contributed by atoms with Crippen molar-refractivity contribution >= 4 is 58.1 Å². The molecule has 0 fully saturated rings. The van der Waals surface area contributed by atoms with Gasteiger partial charge in [-0.2, -0.15) is 0 Å². The van der Waals surface area contributed by atoms with Crippen LogP contribution in [0.4, 0.5) is 11.4 Å². The van der Waals surface area contributed by atoms with Crippen LogP contribution in [-0.2, 0) is 16.1 Å². The highest BCUT2D eigenvalue weighted by Gasteiger charge is 2.47. The van der Waals surface area contributed by atoms with Crippen molar-refractivity contribution in [3.05, 3.63) is 107 Å². The van der Waals surface area contributed by atoms with E-state index in [0.717, 1.165) is 21.9 Å². The third-order valence-electron chi connectivity index (χ3n) is 8.02. The second-order valence-electron chi connectivity index (χ2n) is 10.7. The number of benzene rings is 4. The van der Waals surface area contributed by atoms with Crippen molar-refractivity contribution in [2.45, 2.75) is 32.9 Å². The predicted octanol–water partition coefficient (Wildman–Crippen LogP) is 4.79. The average Bonchev–Trinajstić information content (AvgIpc) is 3.08. The molecule has 42 heavy (non-hydrogen) atoms. The minimum atomic E-state index is -1.75. The first-order valence-electron chi connectivity index (χ1n) is 13.4. The summed E-state index contributed by atoms with van der Waals surface area (Å²) in [6.45, 7) is 4.91. The summed E-state index contributed by atoms with van der Waals surface area (Å²) in [5, 5.41) is 2.04. The predicted molar refractivity (Wildman–Crippen MR) is 167 cm³/mol. The molecule has 3 amide bonds. The molecule has 216 valence electrons. The maximum atomic E-state index is 14.4. The van der Waals surface area contributed by atoms with Gasteiger partial charge < -0.3 is 21.3 Å². The Kier molecular flexibility index (Phi) is 8.52. The van der Waals surface area contributed by atoms with Gasteiger partial charge in [-0.1, -0.05) is 60.7 Å². The van der Waals surface area contributed by atoms with Crippen LogP contribution in [0.2, 0.25) is 0 Å². The van der Waals surface area contributed by atoms with Gasteiger partial charge in [0, 0.05) is 17.7 Å². The highest BCUT2D eigenvalue weighted by molar-refractivity contribution is 6.13. The van der Waals surface area contributed by atoms with Crippen LogP contribution in [0.1, 0.15) is 45.7 Å².